The van der Waals surface area contributed by atoms with Crippen LogP contribution in [0.4, 0.5) is 9.18 Å². The summed E-state index contributed by atoms with van der Waals surface area (Å²) in [5.74, 6) is 0.390. The second kappa shape index (κ2) is 7.13. The molecule has 0 bridgehead atoms. The molecular weight excluding hydrogens is 259 g/mol. The number of carbonyl (C=O) groups is 1. The van der Waals surface area contributed by atoms with Crippen LogP contribution in [0.3, 0.4) is 0 Å². The molecule has 0 saturated heterocycles. The highest BCUT2D eigenvalue weighted by Gasteiger charge is 2.00. The van der Waals surface area contributed by atoms with Crippen molar-refractivity contribution in [3.05, 3.63) is 66.0 Å². The molecule has 0 heterocycles. The summed E-state index contributed by atoms with van der Waals surface area (Å²) < 4.78 is 18.0. The predicted octanol–water partition coefficient (Wildman–Crippen LogP) is 2.66. The van der Waals surface area contributed by atoms with E-state index in [2.05, 4.69) is 10.6 Å². The second-order valence-corrected chi connectivity index (χ2v) is 4.09. The molecule has 0 radical (unpaired) electrons. The maximum absolute atomic E-state index is 12.7. The molecule has 0 saturated carbocycles. The Hall–Kier alpha value is -2.56. The van der Waals surface area contributed by atoms with E-state index in [4.69, 9.17) is 4.74 Å². The van der Waals surface area contributed by atoms with E-state index in [1.807, 2.05) is 18.2 Å². The molecule has 5 heteroatoms. The molecule has 0 unspecified atom stereocenters. The molecule has 2 aromatic rings. The van der Waals surface area contributed by atoms with Crippen LogP contribution in [0.5, 0.6) is 5.75 Å². The summed E-state index contributed by atoms with van der Waals surface area (Å²) in [5.41, 5.74) is 0.825. The average Bonchev–Trinajstić information content (AvgIpc) is 2.48. The van der Waals surface area contributed by atoms with Gasteiger partial charge in [0.2, 0.25) is 0 Å². The first-order chi connectivity index (χ1) is 9.74. The van der Waals surface area contributed by atoms with Crippen molar-refractivity contribution < 1.29 is 13.9 Å². The van der Waals surface area contributed by atoms with Gasteiger partial charge in [-0.3, -0.25) is 0 Å². The van der Waals surface area contributed by atoms with Crippen LogP contribution in [0.25, 0.3) is 0 Å². The minimum atomic E-state index is -0.342. The fourth-order valence-electron chi connectivity index (χ4n) is 1.55. The molecule has 0 atom stereocenters. The van der Waals surface area contributed by atoms with Crippen LogP contribution < -0.4 is 15.4 Å². The molecule has 20 heavy (non-hydrogen) atoms. The Morgan fingerprint density at radius 3 is 2.40 bits per heavy atom. The minimum Gasteiger partial charge on any atom is -0.473 e. The summed E-state index contributed by atoms with van der Waals surface area (Å²) in [4.78, 5) is 11.5. The predicted molar refractivity (Wildman–Crippen MR) is 73.7 cm³/mol. The zero-order valence-corrected chi connectivity index (χ0v) is 10.8. The van der Waals surface area contributed by atoms with Crippen molar-refractivity contribution in [3.63, 3.8) is 0 Å². The number of benzene rings is 2. The van der Waals surface area contributed by atoms with Crippen LogP contribution in [-0.4, -0.2) is 12.8 Å². The Labute approximate surface area is 116 Å². The normalized spacial score (nSPS) is 9.85. The highest BCUT2D eigenvalue weighted by atomic mass is 19.1. The van der Waals surface area contributed by atoms with Gasteiger partial charge in [0.1, 0.15) is 11.6 Å². The fourth-order valence-corrected chi connectivity index (χ4v) is 1.55. The fraction of sp³-hybridized carbons (Fsp3) is 0.133. The van der Waals surface area contributed by atoms with Gasteiger partial charge in [0, 0.05) is 6.54 Å². The third-order valence-corrected chi connectivity index (χ3v) is 2.58. The molecule has 0 aromatic heterocycles. The van der Waals surface area contributed by atoms with Gasteiger partial charge >= 0.3 is 6.03 Å². The van der Waals surface area contributed by atoms with E-state index < -0.39 is 0 Å². The van der Waals surface area contributed by atoms with Gasteiger partial charge in [0.15, 0.2) is 6.73 Å². The number of ether oxygens (including phenoxy) is 1. The Kier molecular flexibility index (Phi) is 4.94. The Balaban J connectivity index is 1.67. The first kappa shape index (κ1) is 13.9. The molecular formula is C15H15FN2O2. The monoisotopic (exact) mass is 274 g/mol. The second-order valence-electron chi connectivity index (χ2n) is 4.09. The zero-order chi connectivity index (χ0) is 14.2. The molecule has 0 aliphatic heterocycles. The average molecular weight is 274 g/mol. The van der Waals surface area contributed by atoms with Crippen molar-refractivity contribution in [2.24, 2.45) is 0 Å². The van der Waals surface area contributed by atoms with Gasteiger partial charge in [-0.15, -0.1) is 0 Å². The summed E-state index contributed by atoms with van der Waals surface area (Å²) in [6.07, 6.45) is 0. The van der Waals surface area contributed by atoms with E-state index in [9.17, 15) is 9.18 Å². The van der Waals surface area contributed by atoms with Crippen molar-refractivity contribution >= 4 is 6.03 Å². The first-order valence-electron chi connectivity index (χ1n) is 6.18. The molecule has 0 spiro atoms. The summed E-state index contributed by atoms with van der Waals surface area (Å²) in [6.45, 7) is 0.413. The van der Waals surface area contributed by atoms with Crippen LogP contribution in [0, 0.1) is 5.82 Å². The van der Waals surface area contributed by atoms with Crippen LogP contribution in [0.2, 0.25) is 0 Å². The molecule has 4 nitrogen and oxygen atoms in total. The lowest BCUT2D eigenvalue weighted by atomic mass is 10.2. The van der Waals surface area contributed by atoms with Crippen molar-refractivity contribution in [2.75, 3.05) is 6.73 Å². The number of amides is 2. The number of urea groups is 1. The van der Waals surface area contributed by atoms with Gasteiger partial charge < -0.3 is 15.4 Å². The van der Waals surface area contributed by atoms with Crippen LogP contribution in [0.15, 0.2) is 54.6 Å². The maximum Gasteiger partial charge on any atom is 0.317 e. The number of rotatable bonds is 5. The molecule has 2 amide bonds. The summed E-state index contributed by atoms with van der Waals surface area (Å²) in [5, 5.41) is 5.22. The number of nitrogens with one attached hydrogen (secondary N) is 2. The highest BCUT2D eigenvalue weighted by molar-refractivity contribution is 5.73. The molecule has 2 N–H and O–H groups in total. The maximum atomic E-state index is 12.7. The lowest BCUT2D eigenvalue weighted by Crippen LogP contribution is -2.37. The third-order valence-electron chi connectivity index (χ3n) is 2.58. The lowest BCUT2D eigenvalue weighted by molar-refractivity contribution is 0.223. The molecule has 104 valence electrons. The van der Waals surface area contributed by atoms with E-state index in [1.54, 1.807) is 24.3 Å². The smallest absolute Gasteiger partial charge is 0.317 e. The number of halogens is 1. The number of para-hydroxylation sites is 1. The van der Waals surface area contributed by atoms with Crippen molar-refractivity contribution in [1.29, 1.82) is 0 Å². The standard InChI is InChI=1S/C15H15FN2O2/c16-13-8-6-12(7-9-13)10-17-15(19)18-11-20-14-4-2-1-3-5-14/h1-9H,10-11H2,(H2,17,18,19). The molecule has 2 rings (SSSR count). The minimum absolute atomic E-state index is 0.0826. The van der Waals surface area contributed by atoms with E-state index in [0.29, 0.717) is 12.3 Å². The highest BCUT2D eigenvalue weighted by Crippen LogP contribution is 2.07. The first-order valence-corrected chi connectivity index (χ1v) is 6.18. The molecule has 0 aliphatic carbocycles. The lowest BCUT2D eigenvalue weighted by Gasteiger charge is -2.09. The van der Waals surface area contributed by atoms with Crippen LogP contribution in [-0.2, 0) is 6.54 Å². The zero-order valence-electron chi connectivity index (χ0n) is 10.8. The largest absolute Gasteiger partial charge is 0.473 e. The SMILES string of the molecule is O=C(NCOc1ccccc1)NCc1ccc(F)cc1. The van der Waals surface area contributed by atoms with Gasteiger partial charge in [0.05, 0.1) is 0 Å². The van der Waals surface area contributed by atoms with Gasteiger partial charge in [-0.05, 0) is 29.8 Å². The van der Waals surface area contributed by atoms with Gasteiger partial charge in [-0.2, -0.15) is 0 Å². The van der Waals surface area contributed by atoms with Crippen molar-refractivity contribution in [1.82, 2.24) is 10.6 Å². The molecule has 0 aliphatic rings. The van der Waals surface area contributed by atoms with Gasteiger partial charge in [-0.1, -0.05) is 30.3 Å². The third kappa shape index (κ3) is 4.61. The van der Waals surface area contributed by atoms with E-state index in [0.717, 1.165) is 5.56 Å². The number of hydrogen-bond acceptors (Lipinski definition) is 2. The van der Waals surface area contributed by atoms with Gasteiger partial charge in [0.25, 0.3) is 0 Å². The quantitative estimate of drug-likeness (QED) is 0.824. The molecule has 2 aromatic carbocycles. The van der Waals surface area contributed by atoms with E-state index in [1.165, 1.54) is 12.1 Å². The van der Waals surface area contributed by atoms with Gasteiger partial charge in [-0.25, -0.2) is 9.18 Å². The topological polar surface area (TPSA) is 50.4 Å². The van der Waals surface area contributed by atoms with Crippen molar-refractivity contribution in [3.8, 4) is 5.75 Å². The van der Waals surface area contributed by atoms with Crippen LogP contribution in [0.1, 0.15) is 5.56 Å². The number of carbonyl (C=O) groups excluding carboxylic acids is 1. The summed E-state index contributed by atoms with van der Waals surface area (Å²) >= 11 is 0. The number of hydrogen-bond donors (Lipinski definition) is 2. The summed E-state index contributed by atoms with van der Waals surface area (Å²) in [7, 11) is 0. The van der Waals surface area contributed by atoms with Crippen LogP contribution >= 0.6 is 0 Å². The summed E-state index contributed by atoms with van der Waals surface area (Å²) in [6, 6.07) is 14.8. The van der Waals surface area contributed by atoms with E-state index >= 15 is 0 Å². The Morgan fingerprint density at radius 1 is 1.00 bits per heavy atom. The van der Waals surface area contributed by atoms with Crippen molar-refractivity contribution in [2.45, 2.75) is 6.54 Å². The Morgan fingerprint density at radius 2 is 1.70 bits per heavy atom. The Bertz CT molecular complexity index is 544. The van der Waals surface area contributed by atoms with E-state index in [-0.39, 0.29) is 18.6 Å². The molecule has 0 fully saturated rings.